The molecule has 3 aromatic rings. The third-order valence-electron chi connectivity index (χ3n) is 3.70. The normalized spacial score (nSPS) is 11.0. The lowest BCUT2D eigenvalue weighted by Gasteiger charge is -2.16. The second-order valence-corrected chi connectivity index (χ2v) is 5.06. The number of benzene rings is 2. The number of methoxy groups -OCH3 is 3. The summed E-state index contributed by atoms with van der Waals surface area (Å²) in [6.07, 6.45) is 0. The van der Waals surface area contributed by atoms with Gasteiger partial charge in [-0.25, -0.2) is 0 Å². The van der Waals surface area contributed by atoms with Crippen LogP contribution in [0.2, 0.25) is 0 Å². The van der Waals surface area contributed by atoms with E-state index in [1.165, 1.54) is 39.5 Å². The highest BCUT2D eigenvalue weighted by Gasteiger charge is 2.23. The van der Waals surface area contributed by atoms with Crippen LogP contribution in [0.15, 0.2) is 27.4 Å². The van der Waals surface area contributed by atoms with Gasteiger partial charge in [-0.05, 0) is 13.0 Å². The van der Waals surface area contributed by atoms with Crippen molar-refractivity contribution in [2.45, 2.75) is 6.92 Å². The lowest BCUT2D eigenvalue weighted by Crippen LogP contribution is -2.02. The van der Waals surface area contributed by atoms with Gasteiger partial charge in [0.1, 0.15) is 22.6 Å². The lowest BCUT2D eigenvalue weighted by atomic mass is 10.0. The standard InChI is InChI=1S/C17H16O6/c1-8-5-11(19)14-16(23-8)13-10(15(21-3)17(14)22-4)6-9(18)7-12(13)20-2/h5-7,19H,1-4H3. The maximum atomic E-state index is 11.9. The van der Waals surface area contributed by atoms with E-state index >= 15 is 0 Å². The van der Waals surface area contributed by atoms with Crippen molar-refractivity contribution in [1.82, 2.24) is 0 Å². The molecule has 0 unspecified atom stereocenters. The van der Waals surface area contributed by atoms with Gasteiger partial charge in [0.25, 0.3) is 0 Å². The van der Waals surface area contributed by atoms with Gasteiger partial charge in [0, 0.05) is 17.5 Å². The van der Waals surface area contributed by atoms with Crippen LogP contribution in [0.25, 0.3) is 21.7 Å². The molecular weight excluding hydrogens is 300 g/mol. The number of aryl methyl sites for hydroxylation is 1. The molecule has 6 heteroatoms. The molecule has 0 saturated heterocycles. The fraction of sp³-hybridized carbons (Fsp3) is 0.235. The highest BCUT2D eigenvalue weighted by molar-refractivity contribution is 6.15. The van der Waals surface area contributed by atoms with E-state index in [-0.39, 0.29) is 11.2 Å². The van der Waals surface area contributed by atoms with Crippen LogP contribution in [0.5, 0.6) is 23.0 Å². The fourth-order valence-corrected chi connectivity index (χ4v) is 2.82. The number of hydrogen-bond donors (Lipinski definition) is 1. The maximum absolute atomic E-state index is 11.9. The molecule has 0 bridgehead atoms. The second-order valence-electron chi connectivity index (χ2n) is 5.06. The van der Waals surface area contributed by atoms with E-state index in [9.17, 15) is 9.90 Å². The Morgan fingerprint density at radius 2 is 1.65 bits per heavy atom. The highest BCUT2D eigenvalue weighted by atomic mass is 16.5. The average Bonchev–Trinajstić information content (AvgIpc) is 2.52. The van der Waals surface area contributed by atoms with E-state index in [1.54, 1.807) is 6.92 Å². The Morgan fingerprint density at radius 1 is 0.957 bits per heavy atom. The molecule has 6 nitrogen and oxygen atoms in total. The largest absolute Gasteiger partial charge is 0.507 e. The third-order valence-corrected chi connectivity index (χ3v) is 3.70. The van der Waals surface area contributed by atoms with Crippen LogP contribution in [-0.4, -0.2) is 26.4 Å². The number of hydrogen-bond acceptors (Lipinski definition) is 6. The molecule has 0 spiro atoms. The van der Waals surface area contributed by atoms with Crippen molar-refractivity contribution in [3.63, 3.8) is 0 Å². The van der Waals surface area contributed by atoms with Crippen LogP contribution < -0.4 is 19.6 Å². The number of rotatable bonds is 3. The summed E-state index contributed by atoms with van der Waals surface area (Å²) in [5.74, 6) is 1.47. The minimum Gasteiger partial charge on any atom is -0.507 e. The monoisotopic (exact) mass is 316 g/mol. The zero-order chi connectivity index (χ0) is 16.7. The summed E-state index contributed by atoms with van der Waals surface area (Å²) in [5.41, 5.74) is 0.137. The summed E-state index contributed by atoms with van der Waals surface area (Å²) in [5, 5.41) is 11.8. The molecular formula is C17H16O6. The Hall–Kier alpha value is -2.89. The van der Waals surface area contributed by atoms with Gasteiger partial charge in [-0.1, -0.05) is 0 Å². The molecule has 0 fully saturated rings. The Balaban J connectivity index is 2.73. The molecule has 3 rings (SSSR count). The maximum Gasteiger partial charge on any atom is 0.183 e. The van der Waals surface area contributed by atoms with Gasteiger partial charge in [-0.3, -0.25) is 4.79 Å². The molecule has 0 aliphatic rings. The molecule has 0 saturated carbocycles. The van der Waals surface area contributed by atoms with Crippen molar-refractivity contribution in [1.29, 1.82) is 0 Å². The summed E-state index contributed by atoms with van der Waals surface area (Å²) in [4.78, 5) is 11.9. The Kier molecular flexibility index (Phi) is 3.52. The first-order valence-corrected chi connectivity index (χ1v) is 6.91. The van der Waals surface area contributed by atoms with Gasteiger partial charge in [0.2, 0.25) is 0 Å². The molecule has 2 aromatic carbocycles. The van der Waals surface area contributed by atoms with Crippen molar-refractivity contribution in [3.8, 4) is 23.0 Å². The van der Waals surface area contributed by atoms with Crippen LogP contribution >= 0.6 is 0 Å². The predicted molar refractivity (Wildman–Crippen MR) is 86.0 cm³/mol. The number of fused-ring (bicyclic) bond motifs is 3. The summed E-state index contributed by atoms with van der Waals surface area (Å²) in [7, 11) is 4.39. The Labute approximate surface area is 131 Å². The van der Waals surface area contributed by atoms with Gasteiger partial charge in [-0.2, -0.15) is 0 Å². The number of aromatic hydroxyl groups is 1. The average molecular weight is 316 g/mol. The lowest BCUT2D eigenvalue weighted by molar-refractivity contribution is 0.359. The zero-order valence-electron chi connectivity index (χ0n) is 13.2. The predicted octanol–water partition coefficient (Wildman–Crippen LogP) is 2.99. The molecule has 1 aromatic heterocycles. The molecule has 0 atom stereocenters. The van der Waals surface area contributed by atoms with E-state index < -0.39 is 0 Å². The molecule has 0 amide bonds. The van der Waals surface area contributed by atoms with Crippen molar-refractivity contribution < 1.29 is 23.7 Å². The Morgan fingerprint density at radius 3 is 2.26 bits per heavy atom. The quantitative estimate of drug-likeness (QED) is 0.748. The van der Waals surface area contributed by atoms with E-state index in [2.05, 4.69) is 0 Å². The smallest absolute Gasteiger partial charge is 0.183 e. The summed E-state index contributed by atoms with van der Waals surface area (Å²) in [6.45, 7) is 1.72. The van der Waals surface area contributed by atoms with Gasteiger partial charge in [0.05, 0.1) is 26.7 Å². The molecule has 0 radical (unpaired) electrons. The van der Waals surface area contributed by atoms with Crippen LogP contribution in [0.3, 0.4) is 0 Å². The van der Waals surface area contributed by atoms with Crippen LogP contribution in [0.4, 0.5) is 0 Å². The molecule has 0 aliphatic carbocycles. The van der Waals surface area contributed by atoms with Crippen LogP contribution in [0.1, 0.15) is 5.76 Å². The first-order chi connectivity index (χ1) is 11.0. The topological polar surface area (TPSA) is 78.1 Å². The van der Waals surface area contributed by atoms with Gasteiger partial charge in [-0.15, -0.1) is 0 Å². The fourth-order valence-electron chi connectivity index (χ4n) is 2.82. The third kappa shape index (κ3) is 2.14. The van der Waals surface area contributed by atoms with E-state index in [1.807, 2.05) is 0 Å². The second kappa shape index (κ2) is 5.39. The van der Waals surface area contributed by atoms with Crippen molar-refractivity contribution in [2.24, 2.45) is 0 Å². The van der Waals surface area contributed by atoms with Crippen LogP contribution in [-0.2, 0) is 0 Å². The highest BCUT2D eigenvalue weighted by Crippen LogP contribution is 2.48. The van der Waals surface area contributed by atoms with E-state index in [4.69, 9.17) is 18.6 Å². The van der Waals surface area contributed by atoms with E-state index in [0.717, 1.165) is 0 Å². The minimum absolute atomic E-state index is 0.00551. The summed E-state index contributed by atoms with van der Waals surface area (Å²) >= 11 is 0. The Bertz CT molecular complexity index is 971. The minimum atomic E-state index is -0.231. The van der Waals surface area contributed by atoms with Crippen LogP contribution in [0, 0.1) is 6.92 Å². The van der Waals surface area contributed by atoms with Gasteiger partial charge < -0.3 is 23.7 Å². The zero-order valence-corrected chi connectivity index (χ0v) is 13.2. The number of ether oxygens (including phenoxy) is 3. The van der Waals surface area contributed by atoms with Gasteiger partial charge >= 0.3 is 0 Å². The first kappa shape index (κ1) is 15.0. The summed E-state index contributed by atoms with van der Waals surface area (Å²) < 4.78 is 22.0. The molecule has 1 N–H and O–H groups in total. The first-order valence-electron chi connectivity index (χ1n) is 6.91. The SMILES string of the molecule is COc1c(OC)c2c(O)cc(C)oc2c2c(OC)cc(=O)cc12. The van der Waals surface area contributed by atoms with Crippen molar-refractivity contribution in [2.75, 3.05) is 21.3 Å². The molecule has 120 valence electrons. The van der Waals surface area contributed by atoms with Gasteiger partial charge in [0.15, 0.2) is 22.5 Å². The molecule has 23 heavy (non-hydrogen) atoms. The van der Waals surface area contributed by atoms with Crippen molar-refractivity contribution in [3.05, 3.63) is 34.2 Å². The van der Waals surface area contributed by atoms with Crippen molar-refractivity contribution >= 4 is 21.7 Å². The summed E-state index contributed by atoms with van der Waals surface area (Å²) in [6, 6.07) is 4.28. The van der Waals surface area contributed by atoms with E-state index in [0.29, 0.717) is 44.8 Å². The molecule has 1 heterocycles. The molecule has 0 aliphatic heterocycles.